The standard InChI is InChI=1S/C19H20N2O3S/c1-12(2)24-17-10-5-4-9-16(17)18(23)21-19(25)20-15-8-6-7-14(11-15)13(3)22/h4-12H,1-3H3,(H2,20,21,23,25). The Morgan fingerprint density at radius 3 is 2.48 bits per heavy atom. The van der Waals surface area contributed by atoms with E-state index in [2.05, 4.69) is 10.6 Å². The monoisotopic (exact) mass is 356 g/mol. The number of Topliss-reactive ketones (excluding diaryl/α,β-unsaturated/α-hetero) is 1. The van der Waals surface area contributed by atoms with Gasteiger partial charge in [-0.05, 0) is 57.3 Å². The molecular formula is C19H20N2O3S. The van der Waals surface area contributed by atoms with Gasteiger partial charge in [-0.15, -0.1) is 0 Å². The Bertz CT molecular complexity index is 803. The van der Waals surface area contributed by atoms with Crippen LogP contribution < -0.4 is 15.4 Å². The highest BCUT2D eigenvalue weighted by molar-refractivity contribution is 7.80. The van der Waals surface area contributed by atoms with Crippen LogP contribution in [-0.4, -0.2) is 22.9 Å². The summed E-state index contributed by atoms with van der Waals surface area (Å²) in [6.45, 7) is 5.27. The molecule has 2 rings (SSSR count). The van der Waals surface area contributed by atoms with Crippen LogP contribution in [0.4, 0.5) is 5.69 Å². The van der Waals surface area contributed by atoms with Crippen molar-refractivity contribution in [2.45, 2.75) is 26.9 Å². The van der Waals surface area contributed by atoms with Gasteiger partial charge in [0.1, 0.15) is 5.75 Å². The van der Waals surface area contributed by atoms with Gasteiger partial charge in [-0.25, -0.2) is 0 Å². The molecule has 130 valence electrons. The molecule has 0 aliphatic heterocycles. The second-order valence-corrected chi connectivity index (χ2v) is 6.12. The number of nitrogens with one attached hydrogen (secondary N) is 2. The fourth-order valence-corrected chi connectivity index (χ4v) is 2.37. The number of ether oxygens (including phenoxy) is 1. The van der Waals surface area contributed by atoms with Gasteiger partial charge in [0.2, 0.25) is 0 Å². The van der Waals surface area contributed by atoms with Gasteiger partial charge in [0.25, 0.3) is 5.91 Å². The predicted octanol–water partition coefficient (Wildman–Crippen LogP) is 3.80. The lowest BCUT2D eigenvalue weighted by Crippen LogP contribution is -2.34. The summed E-state index contributed by atoms with van der Waals surface area (Å²) in [6, 6.07) is 13.9. The smallest absolute Gasteiger partial charge is 0.261 e. The summed E-state index contributed by atoms with van der Waals surface area (Å²) >= 11 is 5.18. The van der Waals surface area contributed by atoms with Crippen molar-refractivity contribution in [2.75, 3.05) is 5.32 Å². The molecule has 0 atom stereocenters. The molecule has 0 saturated carbocycles. The van der Waals surface area contributed by atoms with Crippen LogP contribution in [0.3, 0.4) is 0 Å². The van der Waals surface area contributed by atoms with Gasteiger partial charge < -0.3 is 10.1 Å². The lowest BCUT2D eigenvalue weighted by molar-refractivity contribution is 0.0970. The van der Waals surface area contributed by atoms with E-state index in [0.29, 0.717) is 22.6 Å². The zero-order valence-corrected chi connectivity index (χ0v) is 15.1. The summed E-state index contributed by atoms with van der Waals surface area (Å²) in [4.78, 5) is 23.9. The minimum Gasteiger partial charge on any atom is -0.490 e. The van der Waals surface area contributed by atoms with Crippen LogP contribution in [0.1, 0.15) is 41.5 Å². The molecule has 0 bridgehead atoms. The molecule has 2 aromatic rings. The maximum Gasteiger partial charge on any atom is 0.261 e. The summed E-state index contributed by atoms with van der Waals surface area (Å²) in [5, 5.41) is 5.67. The minimum absolute atomic E-state index is 0.0432. The van der Waals surface area contributed by atoms with Crippen LogP contribution in [0.15, 0.2) is 48.5 Å². The molecule has 0 aliphatic rings. The molecule has 0 unspecified atom stereocenters. The van der Waals surface area contributed by atoms with Crippen molar-refractivity contribution >= 4 is 34.7 Å². The van der Waals surface area contributed by atoms with E-state index in [1.54, 1.807) is 48.5 Å². The van der Waals surface area contributed by atoms with E-state index in [4.69, 9.17) is 17.0 Å². The van der Waals surface area contributed by atoms with E-state index in [9.17, 15) is 9.59 Å². The van der Waals surface area contributed by atoms with Crippen molar-refractivity contribution in [1.29, 1.82) is 0 Å². The van der Waals surface area contributed by atoms with Gasteiger partial charge in [-0.3, -0.25) is 14.9 Å². The second-order valence-electron chi connectivity index (χ2n) is 5.71. The maximum atomic E-state index is 12.5. The van der Waals surface area contributed by atoms with Crippen LogP contribution >= 0.6 is 12.2 Å². The Labute approximate surface area is 152 Å². The Morgan fingerprint density at radius 1 is 1.08 bits per heavy atom. The topological polar surface area (TPSA) is 67.4 Å². The van der Waals surface area contributed by atoms with Gasteiger partial charge in [-0.2, -0.15) is 0 Å². The molecule has 0 saturated heterocycles. The Balaban J connectivity index is 2.07. The first-order valence-corrected chi connectivity index (χ1v) is 8.26. The molecular weight excluding hydrogens is 336 g/mol. The van der Waals surface area contributed by atoms with Crippen LogP contribution in [0.5, 0.6) is 5.75 Å². The van der Waals surface area contributed by atoms with Crippen molar-refractivity contribution in [3.05, 3.63) is 59.7 Å². The number of amides is 1. The molecule has 1 amide bonds. The van der Waals surface area contributed by atoms with E-state index < -0.39 is 0 Å². The number of rotatable bonds is 5. The lowest BCUT2D eigenvalue weighted by atomic mass is 10.1. The molecule has 0 radical (unpaired) electrons. The fraction of sp³-hybridized carbons (Fsp3) is 0.211. The molecule has 0 aliphatic carbocycles. The number of para-hydroxylation sites is 1. The Morgan fingerprint density at radius 2 is 1.80 bits per heavy atom. The summed E-state index contributed by atoms with van der Waals surface area (Å²) in [5.74, 6) is 0.0891. The van der Waals surface area contributed by atoms with Crippen LogP contribution in [-0.2, 0) is 0 Å². The highest BCUT2D eigenvalue weighted by atomic mass is 32.1. The highest BCUT2D eigenvalue weighted by Crippen LogP contribution is 2.19. The fourth-order valence-electron chi connectivity index (χ4n) is 2.16. The van der Waals surface area contributed by atoms with Crippen molar-refractivity contribution in [3.8, 4) is 5.75 Å². The summed E-state index contributed by atoms with van der Waals surface area (Å²) < 4.78 is 5.65. The van der Waals surface area contributed by atoms with Crippen molar-refractivity contribution in [3.63, 3.8) is 0 Å². The average molecular weight is 356 g/mol. The normalized spacial score (nSPS) is 10.2. The third kappa shape index (κ3) is 5.39. The largest absolute Gasteiger partial charge is 0.490 e. The summed E-state index contributed by atoms with van der Waals surface area (Å²) in [7, 11) is 0. The van der Waals surface area contributed by atoms with Crippen molar-refractivity contribution < 1.29 is 14.3 Å². The number of thiocarbonyl (C=S) groups is 1. The first-order valence-electron chi connectivity index (χ1n) is 7.86. The Hall–Kier alpha value is -2.73. The molecule has 0 fully saturated rings. The van der Waals surface area contributed by atoms with E-state index in [0.717, 1.165) is 0 Å². The quantitative estimate of drug-likeness (QED) is 0.630. The second kappa shape index (κ2) is 8.39. The SMILES string of the molecule is CC(=O)c1cccc(NC(=S)NC(=O)c2ccccc2OC(C)C)c1. The molecule has 25 heavy (non-hydrogen) atoms. The van der Waals surface area contributed by atoms with Gasteiger partial charge in [0.05, 0.1) is 11.7 Å². The van der Waals surface area contributed by atoms with Gasteiger partial charge in [0, 0.05) is 11.3 Å². The maximum absolute atomic E-state index is 12.5. The molecule has 0 aromatic heterocycles. The summed E-state index contributed by atoms with van der Waals surface area (Å²) in [6.07, 6.45) is -0.0478. The van der Waals surface area contributed by atoms with Gasteiger partial charge in [0.15, 0.2) is 10.9 Å². The minimum atomic E-state index is -0.364. The number of carbonyl (C=O) groups is 2. The average Bonchev–Trinajstić information content (AvgIpc) is 2.54. The third-order valence-electron chi connectivity index (χ3n) is 3.25. The van der Waals surface area contributed by atoms with E-state index >= 15 is 0 Å². The number of benzene rings is 2. The zero-order valence-electron chi connectivity index (χ0n) is 14.3. The van der Waals surface area contributed by atoms with E-state index in [1.165, 1.54) is 6.92 Å². The predicted molar refractivity (Wildman–Crippen MR) is 102 cm³/mol. The molecule has 5 nitrogen and oxygen atoms in total. The van der Waals surface area contributed by atoms with Crippen molar-refractivity contribution in [1.82, 2.24) is 5.32 Å². The first-order chi connectivity index (χ1) is 11.9. The zero-order chi connectivity index (χ0) is 18.4. The molecule has 0 spiro atoms. The number of anilines is 1. The van der Waals surface area contributed by atoms with Gasteiger partial charge in [-0.1, -0.05) is 24.3 Å². The Kier molecular flexibility index (Phi) is 6.25. The van der Waals surface area contributed by atoms with Crippen LogP contribution in [0.25, 0.3) is 0 Å². The third-order valence-corrected chi connectivity index (χ3v) is 3.45. The number of hydrogen-bond donors (Lipinski definition) is 2. The lowest BCUT2D eigenvalue weighted by Gasteiger charge is -2.15. The number of carbonyl (C=O) groups excluding carboxylic acids is 2. The van der Waals surface area contributed by atoms with Crippen molar-refractivity contribution in [2.24, 2.45) is 0 Å². The molecule has 0 heterocycles. The first kappa shape index (κ1) is 18.6. The number of hydrogen-bond acceptors (Lipinski definition) is 4. The van der Waals surface area contributed by atoms with Gasteiger partial charge >= 0.3 is 0 Å². The van der Waals surface area contributed by atoms with Crippen LogP contribution in [0, 0.1) is 0 Å². The van der Waals surface area contributed by atoms with E-state index in [-0.39, 0.29) is 22.9 Å². The molecule has 2 N–H and O–H groups in total. The van der Waals surface area contributed by atoms with E-state index in [1.807, 2.05) is 13.8 Å². The molecule has 6 heteroatoms. The highest BCUT2D eigenvalue weighted by Gasteiger charge is 2.14. The summed E-state index contributed by atoms with van der Waals surface area (Å²) in [5.41, 5.74) is 1.59. The number of ketones is 1. The molecule has 2 aromatic carbocycles. The van der Waals surface area contributed by atoms with Crippen LogP contribution in [0.2, 0.25) is 0 Å².